The van der Waals surface area contributed by atoms with Gasteiger partial charge in [0, 0.05) is 50.1 Å². The quantitative estimate of drug-likeness (QED) is 0.0871. The SMILES string of the molecule is COc1cc2c(cc1OCCCP(=O)(CCCO)CCCOc1cc3c(cc1OC)C(=O)N1CC(F)C[C@H]1C(S(=O)(=O)O)N3)NC(S(=O)(=O)O)[C@@H]1CC(F)CN1C2=O. The summed E-state index contributed by atoms with van der Waals surface area (Å²) in [7, 11) is -9.81. The van der Waals surface area contributed by atoms with E-state index in [2.05, 4.69) is 10.6 Å². The molecular weight excluding hydrogens is 834 g/mol. The zero-order chi connectivity index (χ0) is 42.2. The Morgan fingerprint density at radius 1 is 0.707 bits per heavy atom. The second-order valence-electron chi connectivity index (χ2n) is 14.7. The van der Waals surface area contributed by atoms with Crippen molar-refractivity contribution < 1.29 is 72.9 Å². The van der Waals surface area contributed by atoms with Gasteiger partial charge in [-0.05, 0) is 31.4 Å². The van der Waals surface area contributed by atoms with Gasteiger partial charge in [0.15, 0.2) is 33.7 Å². The van der Waals surface area contributed by atoms with Crippen LogP contribution in [0, 0.1) is 0 Å². The van der Waals surface area contributed by atoms with E-state index >= 15 is 0 Å². The molecule has 2 aromatic rings. The van der Waals surface area contributed by atoms with Crippen molar-refractivity contribution >= 4 is 50.6 Å². The maximum Gasteiger partial charge on any atom is 0.288 e. The van der Waals surface area contributed by atoms with Crippen LogP contribution in [0.4, 0.5) is 20.2 Å². The molecule has 4 aliphatic rings. The summed E-state index contributed by atoms with van der Waals surface area (Å²) in [6.45, 7) is -0.822. The summed E-state index contributed by atoms with van der Waals surface area (Å²) >= 11 is 0. The number of aliphatic hydroxyl groups is 1. The molecule has 23 heteroatoms. The molecule has 2 aromatic carbocycles. The molecule has 322 valence electrons. The van der Waals surface area contributed by atoms with Crippen LogP contribution in [0.1, 0.15) is 52.8 Å². The number of anilines is 2. The number of hydrogen-bond donors (Lipinski definition) is 5. The fourth-order valence-electron chi connectivity index (χ4n) is 8.04. The number of hydrogen-bond acceptors (Lipinski definition) is 14. The summed E-state index contributed by atoms with van der Waals surface area (Å²) in [5, 5.41) is 11.5. The van der Waals surface area contributed by atoms with Crippen molar-refractivity contribution in [2.75, 3.05) is 76.2 Å². The molecule has 0 radical (unpaired) electrons. The second kappa shape index (κ2) is 17.3. The molecule has 0 aliphatic carbocycles. The summed E-state index contributed by atoms with van der Waals surface area (Å²) in [6, 6.07) is 3.08. The molecule has 0 saturated carbocycles. The van der Waals surface area contributed by atoms with Gasteiger partial charge < -0.3 is 49.1 Å². The van der Waals surface area contributed by atoms with Crippen molar-refractivity contribution in [3.8, 4) is 23.0 Å². The van der Waals surface area contributed by atoms with E-state index in [1.54, 1.807) is 0 Å². The van der Waals surface area contributed by atoms with E-state index in [9.17, 15) is 54.0 Å². The van der Waals surface area contributed by atoms with E-state index < -0.39 is 74.4 Å². The minimum absolute atomic E-state index is 0.00248. The van der Waals surface area contributed by atoms with Crippen LogP contribution in [0.5, 0.6) is 23.0 Å². The Bertz CT molecular complexity index is 2020. The molecule has 4 heterocycles. The van der Waals surface area contributed by atoms with Crippen LogP contribution < -0.4 is 29.6 Å². The molecule has 0 spiro atoms. The molecular formula is C35H47F2N4O14PS2. The van der Waals surface area contributed by atoms with Gasteiger partial charge in [-0.15, -0.1) is 0 Å². The predicted molar refractivity (Wildman–Crippen MR) is 207 cm³/mol. The largest absolute Gasteiger partial charge is 0.493 e. The van der Waals surface area contributed by atoms with Gasteiger partial charge in [-0.2, -0.15) is 16.8 Å². The Labute approximate surface area is 334 Å². The Kier molecular flexibility index (Phi) is 13.0. The molecule has 5 N–H and O–H groups in total. The number of amides is 2. The molecule has 6 rings (SSSR count). The molecule has 4 unspecified atom stereocenters. The number of aliphatic hydroxyl groups excluding tert-OH is 1. The molecule has 4 aliphatic heterocycles. The van der Waals surface area contributed by atoms with Crippen molar-refractivity contribution in [2.24, 2.45) is 0 Å². The first-order valence-electron chi connectivity index (χ1n) is 18.6. The number of halogens is 2. The first-order chi connectivity index (χ1) is 27.4. The number of methoxy groups -OCH3 is 2. The van der Waals surface area contributed by atoms with Gasteiger partial charge in [0.1, 0.15) is 12.3 Å². The Hall–Kier alpha value is -3.95. The highest BCUT2D eigenvalue weighted by atomic mass is 32.2. The second-order valence-corrected chi connectivity index (χ2v) is 21.2. The summed E-state index contributed by atoms with van der Waals surface area (Å²) in [5.74, 6) is -0.785. The number of benzene rings is 2. The Morgan fingerprint density at radius 2 is 1.10 bits per heavy atom. The van der Waals surface area contributed by atoms with E-state index in [0.29, 0.717) is 0 Å². The molecule has 0 aromatic heterocycles. The van der Waals surface area contributed by atoms with Crippen molar-refractivity contribution in [1.82, 2.24) is 9.80 Å². The van der Waals surface area contributed by atoms with Crippen molar-refractivity contribution in [3.63, 3.8) is 0 Å². The number of nitrogens with one attached hydrogen (secondary N) is 2. The maximum absolute atomic E-state index is 14.3. The summed E-state index contributed by atoms with van der Waals surface area (Å²) in [4.78, 5) is 28.9. The van der Waals surface area contributed by atoms with E-state index in [1.165, 1.54) is 38.5 Å². The van der Waals surface area contributed by atoms with Crippen LogP contribution >= 0.6 is 7.14 Å². The van der Waals surface area contributed by atoms with Gasteiger partial charge >= 0.3 is 0 Å². The van der Waals surface area contributed by atoms with Gasteiger partial charge in [0.05, 0.1) is 82.3 Å². The van der Waals surface area contributed by atoms with E-state index in [1.807, 2.05) is 0 Å². The van der Waals surface area contributed by atoms with E-state index in [4.69, 9.17) is 18.9 Å². The maximum atomic E-state index is 14.3. The third-order valence-corrected chi connectivity index (χ3v) is 16.3. The highest BCUT2D eigenvalue weighted by Crippen LogP contribution is 2.48. The molecule has 2 fully saturated rings. The van der Waals surface area contributed by atoms with Crippen molar-refractivity contribution in [3.05, 3.63) is 35.4 Å². The van der Waals surface area contributed by atoms with Crippen LogP contribution in [0.25, 0.3) is 0 Å². The molecule has 0 bridgehead atoms. The number of rotatable bonds is 17. The molecule has 58 heavy (non-hydrogen) atoms. The fourth-order valence-corrected chi connectivity index (χ4v) is 12.7. The smallest absolute Gasteiger partial charge is 0.288 e. The summed E-state index contributed by atoms with van der Waals surface area (Å²) in [5.41, 5.74) is 0.0577. The minimum Gasteiger partial charge on any atom is -0.493 e. The Balaban J connectivity index is 1.10. The molecule has 2 saturated heterocycles. The number of alkyl halides is 2. The van der Waals surface area contributed by atoms with E-state index in [-0.39, 0.29) is 129 Å². The monoisotopic (exact) mass is 880 g/mol. The summed E-state index contributed by atoms with van der Waals surface area (Å²) in [6.07, 6.45) is -2.01. The third-order valence-electron chi connectivity index (χ3n) is 10.8. The normalized spacial score (nSPS) is 25.2. The van der Waals surface area contributed by atoms with Crippen LogP contribution in [-0.2, 0) is 24.8 Å². The molecule has 18 nitrogen and oxygen atoms in total. The number of carbonyl (C=O) groups excluding carboxylic acids is 2. The fraction of sp³-hybridized carbons (Fsp3) is 0.600. The lowest BCUT2D eigenvalue weighted by molar-refractivity contribution is 0.0728. The van der Waals surface area contributed by atoms with Crippen LogP contribution in [0.3, 0.4) is 0 Å². The number of fused-ring (bicyclic) bond motifs is 4. The first kappa shape index (κ1) is 43.6. The number of ether oxygens (including phenoxy) is 4. The third kappa shape index (κ3) is 9.26. The number of nitrogens with zero attached hydrogens (tertiary/aromatic N) is 2. The van der Waals surface area contributed by atoms with Gasteiger partial charge in [0.2, 0.25) is 0 Å². The Morgan fingerprint density at radius 3 is 1.47 bits per heavy atom. The number of carbonyl (C=O) groups is 2. The average molecular weight is 881 g/mol. The standard InChI is InChI=1S/C35H47F2N4O14PS2/c1-52-28-14-22-24(38-32(57(46,47)48)26-12-20(36)18-40(26)34(22)43)16-30(28)54-7-4-10-56(45,9-3-6-42)11-5-8-55-31-17-25-23(15-29(31)53-2)35(44)41-19-21(37)13-27(41)33(39-25)58(49,50)51/h14-17,20-21,26-27,32-33,38-39,42H,3-13,18-19H2,1-2H3,(H,46,47,48)(H,49,50,51)/t20?,21?,26-,27-,32?,33?,56?/m0/s1. The minimum atomic E-state index is -4.78. The lowest BCUT2D eigenvalue weighted by Gasteiger charge is -2.26. The van der Waals surface area contributed by atoms with Gasteiger partial charge in [0.25, 0.3) is 32.1 Å². The van der Waals surface area contributed by atoms with Crippen LogP contribution in [-0.4, -0.2) is 153 Å². The van der Waals surface area contributed by atoms with E-state index in [0.717, 1.165) is 9.80 Å². The zero-order valence-electron chi connectivity index (χ0n) is 31.7. The summed E-state index contributed by atoms with van der Waals surface area (Å²) < 4.78 is 135. The zero-order valence-corrected chi connectivity index (χ0v) is 34.2. The highest BCUT2D eigenvalue weighted by Gasteiger charge is 2.49. The average Bonchev–Trinajstić information content (AvgIpc) is 3.69. The van der Waals surface area contributed by atoms with Crippen molar-refractivity contribution in [1.29, 1.82) is 0 Å². The van der Waals surface area contributed by atoms with Crippen molar-refractivity contribution in [2.45, 2.75) is 67.3 Å². The first-order valence-corrected chi connectivity index (χ1v) is 23.9. The molecule has 6 atom stereocenters. The highest BCUT2D eigenvalue weighted by molar-refractivity contribution is 7.86. The van der Waals surface area contributed by atoms with Gasteiger partial charge in [-0.3, -0.25) is 18.7 Å². The lowest BCUT2D eigenvalue weighted by Crippen LogP contribution is -2.47. The van der Waals surface area contributed by atoms with Gasteiger partial charge in [-0.1, -0.05) is 0 Å². The van der Waals surface area contributed by atoms with Crippen LogP contribution in [0.2, 0.25) is 0 Å². The van der Waals surface area contributed by atoms with Crippen LogP contribution in [0.15, 0.2) is 24.3 Å². The predicted octanol–water partition coefficient (Wildman–Crippen LogP) is 3.07. The lowest BCUT2D eigenvalue weighted by atomic mass is 10.1. The van der Waals surface area contributed by atoms with Gasteiger partial charge in [-0.25, -0.2) is 8.78 Å². The molecule has 2 amide bonds. The topological polar surface area (TPSA) is 248 Å².